The summed E-state index contributed by atoms with van der Waals surface area (Å²) in [5.74, 6) is -0.150. The van der Waals surface area contributed by atoms with Crippen LogP contribution < -0.4 is 5.32 Å². The van der Waals surface area contributed by atoms with Crippen LogP contribution in [0.3, 0.4) is 0 Å². The molecular weight excluding hydrogens is 380 g/mol. The summed E-state index contributed by atoms with van der Waals surface area (Å²) >= 11 is 3.33. The van der Waals surface area contributed by atoms with Gasteiger partial charge in [0.05, 0.1) is 17.8 Å². The summed E-state index contributed by atoms with van der Waals surface area (Å²) in [5.41, 5.74) is 4.77. The van der Waals surface area contributed by atoms with E-state index in [1.807, 2.05) is 36.7 Å². The van der Waals surface area contributed by atoms with Crippen LogP contribution in [0.25, 0.3) is 0 Å². The molecule has 3 rings (SSSR count). The molecular formula is C19H19BrN4O. The van der Waals surface area contributed by atoms with Crippen LogP contribution in [0, 0.1) is 13.8 Å². The van der Waals surface area contributed by atoms with Crippen LogP contribution in [0.5, 0.6) is 0 Å². The highest BCUT2D eigenvalue weighted by molar-refractivity contribution is 9.10. The van der Waals surface area contributed by atoms with E-state index in [1.165, 1.54) is 5.56 Å². The van der Waals surface area contributed by atoms with Gasteiger partial charge in [-0.2, -0.15) is 5.10 Å². The SMILES string of the molecule is Cc1nn(Cc2ccccc2)c(C)c1CNC(=O)c1cncc(Br)c1. The third kappa shape index (κ3) is 4.14. The van der Waals surface area contributed by atoms with Crippen molar-refractivity contribution >= 4 is 21.8 Å². The fourth-order valence-corrected chi connectivity index (χ4v) is 3.07. The van der Waals surface area contributed by atoms with E-state index in [2.05, 4.69) is 43.5 Å². The molecule has 128 valence electrons. The maximum absolute atomic E-state index is 12.3. The Kier molecular flexibility index (Phi) is 5.28. The summed E-state index contributed by atoms with van der Waals surface area (Å²) in [6, 6.07) is 12.0. The maximum Gasteiger partial charge on any atom is 0.253 e. The predicted molar refractivity (Wildman–Crippen MR) is 100 cm³/mol. The molecule has 1 N–H and O–H groups in total. The van der Waals surface area contributed by atoms with E-state index >= 15 is 0 Å². The lowest BCUT2D eigenvalue weighted by atomic mass is 10.2. The number of halogens is 1. The van der Waals surface area contributed by atoms with E-state index in [9.17, 15) is 4.79 Å². The second kappa shape index (κ2) is 7.61. The molecule has 5 nitrogen and oxygen atoms in total. The van der Waals surface area contributed by atoms with Crippen molar-refractivity contribution < 1.29 is 4.79 Å². The van der Waals surface area contributed by atoms with Crippen molar-refractivity contribution in [3.63, 3.8) is 0 Å². The molecule has 0 aliphatic heterocycles. The summed E-state index contributed by atoms with van der Waals surface area (Å²) in [6.07, 6.45) is 3.21. The molecule has 0 spiro atoms. The lowest BCUT2D eigenvalue weighted by Crippen LogP contribution is -2.23. The van der Waals surface area contributed by atoms with Crippen molar-refractivity contribution in [2.45, 2.75) is 26.9 Å². The molecule has 2 aromatic heterocycles. The minimum atomic E-state index is -0.150. The van der Waals surface area contributed by atoms with Crippen molar-refractivity contribution in [1.29, 1.82) is 0 Å². The van der Waals surface area contributed by atoms with Gasteiger partial charge in [0.25, 0.3) is 5.91 Å². The quantitative estimate of drug-likeness (QED) is 0.713. The van der Waals surface area contributed by atoms with Crippen LogP contribution in [0.15, 0.2) is 53.3 Å². The van der Waals surface area contributed by atoms with Crippen molar-refractivity contribution in [2.75, 3.05) is 0 Å². The number of hydrogen-bond donors (Lipinski definition) is 1. The van der Waals surface area contributed by atoms with Crippen molar-refractivity contribution in [1.82, 2.24) is 20.1 Å². The molecule has 6 heteroatoms. The lowest BCUT2D eigenvalue weighted by Gasteiger charge is -2.07. The van der Waals surface area contributed by atoms with Crippen LogP contribution in [-0.4, -0.2) is 20.7 Å². The van der Waals surface area contributed by atoms with Crippen LogP contribution in [-0.2, 0) is 13.1 Å². The van der Waals surface area contributed by atoms with Crippen LogP contribution in [0.1, 0.15) is 32.9 Å². The highest BCUT2D eigenvalue weighted by atomic mass is 79.9. The van der Waals surface area contributed by atoms with Crippen LogP contribution in [0.4, 0.5) is 0 Å². The molecule has 1 aromatic carbocycles. The van der Waals surface area contributed by atoms with Crippen molar-refractivity contribution in [3.8, 4) is 0 Å². The standard InChI is InChI=1S/C19H19BrN4O/c1-13-18(11-22-19(25)16-8-17(20)10-21-9-16)14(2)24(23-13)12-15-6-4-3-5-7-15/h3-10H,11-12H2,1-2H3,(H,22,25). The van der Waals surface area contributed by atoms with Gasteiger partial charge in [0, 0.05) is 34.7 Å². The molecule has 3 aromatic rings. The van der Waals surface area contributed by atoms with Gasteiger partial charge >= 0.3 is 0 Å². The second-order valence-electron chi connectivity index (χ2n) is 5.87. The Bertz CT molecular complexity index is 890. The molecule has 0 saturated heterocycles. The van der Waals surface area contributed by atoms with E-state index in [0.29, 0.717) is 12.1 Å². The first-order chi connectivity index (χ1) is 12.0. The molecule has 0 unspecified atom stereocenters. The number of nitrogens with zero attached hydrogens (tertiary/aromatic N) is 3. The van der Waals surface area contributed by atoms with Crippen molar-refractivity contribution in [2.24, 2.45) is 0 Å². The number of rotatable bonds is 5. The molecule has 0 aliphatic carbocycles. The monoisotopic (exact) mass is 398 g/mol. The van der Waals surface area contributed by atoms with E-state index in [-0.39, 0.29) is 5.91 Å². The molecule has 0 aliphatic rings. The lowest BCUT2D eigenvalue weighted by molar-refractivity contribution is 0.0950. The largest absolute Gasteiger partial charge is 0.348 e. The van der Waals surface area contributed by atoms with Gasteiger partial charge in [-0.1, -0.05) is 30.3 Å². The Morgan fingerprint density at radius 2 is 1.96 bits per heavy atom. The van der Waals surface area contributed by atoms with Gasteiger partial charge in [0.2, 0.25) is 0 Å². The smallest absolute Gasteiger partial charge is 0.253 e. The summed E-state index contributed by atoms with van der Waals surface area (Å²) < 4.78 is 2.76. The maximum atomic E-state index is 12.3. The van der Waals surface area contributed by atoms with Crippen molar-refractivity contribution in [3.05, 3.63) is 81.3 Å². The highest BCUT2D eigenvalue weighted by Crippen LogP contribution is 2.15. The number of amides is 1. The number of benzene rings is 1. The molecule has 0 saturated carbocycles. The molecule has 25 heavy (non-hydrogen) atoms. The van der Waals surface area contributed by atoms with Gasteiger partial charge < -0.3 is 5.32 Å². The summed E-state index contributed by atoms with van der Waals surface area (Å²) in [5, 5.41) is 7.56. The fourth-order valence-electron chi connectivity index (χ4n) is 2.71. The Balaban J connectivity index is 1.72. The Hall–Kier alpha value is -2.47. The van der Waals surface area contributed by atoms with Gasteiger partial charge in [-0.05, 0) is 41.4 Å². The number of aromatic nitrogens is 3. The van der Waals surface area contributed by atoms with E-state index in [1.54, 1.807) is 18.5 Å². The Labute approximate surface area is 155 Å². The predicted octanol–water partition coefficient (Wildman–Crippen LogP) is 3.64. The third-order valence-electron chi connectivity index (χ3n) is 4.10. The van der Waals surface area contributed by atoms with Gasteiger partial charge in [-0.25, -0.2) is 0 Å². The zero-order valence-electron chi connectivity index (χ0n) is 14.2. The van der Waals surface area contributed by atoms with Gasteiger partial charge in [0.1, 0.15) is 0 Å². The zero-order chi connectivity index (χ0) is 17.8. The molecule has 2 heterocycles. The molecule has 0 atom stereocenters. The summed E-state index contributed by atoms with van der Waals surface area (Å²) in [4.78, 5) is 16.3. The minimum absolute atomic E-state index is 0.150. The first-order valence-corrected chi connectivity index (χ1v) is 8.79. The summed E-state index contributed by atoms with van der Waals surface area (Å²) in [6.45, 7) is 5.16. The molecule has 0 fully saturated rings. The second-order valence-corrected chi connectivity index (χ2v) is 6.78. The molecule has 1 amide bonds. The van der Waals surface area contributed by atoms with Crippen LogP contribution in [0.2, 0.25) is 0 Å². The first kappa shape index (κ1) is 17.4. The van der Waals surface area contributed by atoms with Gasteiger partial charge in [-0.15, -0.1) is 0 Å². The summed E-state index contributed by atoms with van der Waals surface area (Å²) in [7, 11) is 0. The Morgan fingerprint density at radius 1 is 1.20 bits per heavy atom. The zero-order valence-corrected chi connectivity index (χ0v) is 15.7. The van der Waals surface area contributed by atoms with Crippen LogP contribution >= 0.6 is 15.9 Å². The first-order valence-electron chi connectivity index (χ1n) is 8.00. The molecule has 0 bridgehead atoms. The van der Waals surface area contributed by atoms with E-state index < -0.39 is 0 Å². The number of hydrogen-bond acceptors (Lipinski definition) is 3. The van der Waals surface area contributed by atoms with E-state index in [4.69, 9.17) is 0 Å². The fraction of sp³-hybridized carbons (Fsp3) is 0.211. The number of carbonyl (C=O) groups is 1. The molecule has 0 radical (unpaired) electrons. The average molecular weight is 399 g/mol. The van der Waals surface area contributed by atoms with Gasteiger partial charge in [0.15, 0.2) is 0 Å². The topological polar surface area (TPSA) is 59.8 Å². The number of pyridine rings is 1. The van der Waals surface area contributed by atoms with Gasteiger partial charge in [-0.3, -0.25) is 14.5 Å². The minimum Gasteiger partial charge on any atom is -0.348 e. The van der Waals surface area contributed by atoms with E-state index in [0.717, 1.165) is 28.0 Å². The number of carbonyl (C=O) groups excluding carboxylic acids is 1. The number of nitrogens with one attached hydrogen (secondary N) is 1. The normalized spacial score (nSPS) is 10.7. The third-order valence-corrected chi connectivity index (χ3v) is 4.53. The highest BCUT2D eigenvalue weighted by Gasteiger charge is 2.14. The number of aryl methyl sites for hydroxylation is 1. The Morgan fingerprint density at radius 3 is 2.68 bits per heavy atom. The average Bonchev–Trinajstić information content (AvgIpc) is 2.87.